The third kappa shape index (κ3) is 5.38. The Kier molecular flexibility index (Phi) is 7.33. The molecular weight excluding hydrogens is 436 g/mol. The lowest BCUT2D eigenvalue weighted by atomic mass is 10.0. The fourth-order valence-electron chi connectivity index (χ4n) is 4.14. The summed E-state index contributed by atoms with van der Waals surface area (Å²) in [5.74, 6) is -1.15. The molecule has 0 saturated carbocycles. The van der Waals surface area contributed by atoms with Crippen LogP contribution in [0.2, 0.25) is 5.02 Å². The first-order valence-corrected chi connectivity index (χ1v) is 11.4. The summed E-state index contributed by atoms with van der Waals surface area (Å²) in [5, 5.41) is 13.1. The van der Waals surface area contributed by atoms with Gasteiger partial charge in [-0.05, 0) is 80.4 Å². The molecule has 0 bridgehead atoms. The van der Waals surface area contributed by atoms with Crippen LogP contribution in [0.5, 0.6) is 0 Å². The number of carbonyl (C=O) groups is 1. The zero-order chi connectivity index (χ0) is 23.2. The van der Waals surface area contributed by atoms with Gasteiger partial charge in [-0.3, -0.25) is 0 Å². The lowest BCUT2D eigenvalue weighted by Gasteiger charge is -2.27. The molecular formula is C27H27ClN2O3. The number of anilines is 2. The molecule has 4 aromatic rings. The molecule has 3 aromatic carbocycles. The number of nitrogens with zero attached hydrogens (tertiary/aromatic N) is 1. The minimum absolute atomic E-state index is 0.0720. The predicted octanol–water partition coefficient (Wildman–Crippen LogP) is 6.32. The summed E-state index contributed by atoms with van der Waals surface area (Å²) in [6.45, 7) is 2.12. The van der Waals surface area contributed by atoms with E-state index in [2.05, 4.69) is 58.7 Å². The first-order chi connectivity index (χ1) is 16.1. The van der Waals surface area contributed by atoms with E-state index >= 15 is 0 Å². The summed E-state index contributed by atoms with van der Waals surface area (Å²) in [6, 6.07) is 24.1. The van der Waals surface area contributed by atoms with E-state index in [1.807, 2.05) is 7.05 Å². The topological polar surface area (TPSA) is 65.7 Å². The average Bonchev–Trinajstić information content (AvgIpc) is 3.18. The highest BCUT2D eigenvalue weighted by molar-refractivity contribution is 6.31. The van der Waals surface area contributed by atoms with Crippen molar-refractivity contribution in [3.8, 4) is 0 Å². The summed E-state index contributed by atoms with van der Waals surface area (Å²) in [7, 11) is 2.02. The number of carboxylic acids is 1. The molecule has 6 heteroatoms. The van der Waals surface area contributed by atoms with Crippen LogP contribution < -0.4 is 10.2 Å². The monoisotopic (exact) mass is 462 g/mol. The van der Waals surface area contributed by atoms with Crippen LogP contribution >= 0.6 is 11.6 Å². The molecule has 0 saturated heterocycles. The molecule has 0 radical (unpaired) electrons. The number of aromatic carboxylic acids is 1. The maximum atomic E-state index is 10.5. The number of para-hydroxylation sites is 2. The molecule has 0 spiro atoms. The van der Waals surface area contributed by atoms with Crippen molar-refractivity contribution >= 4 is 39.9 Å². The van der Waals surface area contributed by atoms with Gasteiger partial charge in [0.05, 0.1) is 0 Å². The molecule has 5 rings (SSSR count). The lowest BCUT2D eigenvalue weighted by Crippen LogP contribution is -2.22. The van der Waals surface area contributed by atoms with E-state index in [-0.39, 0.29) is 5.76 Å². The zero-order valence-electron chi connectivity index (χ0n) is 18.6. The molecule has 170 valence electrons. The van der Waals surface area contributed by atoms with E-state index in [9.17, 15) is 4.79 Å². The molecule has 0 fully saturated rings. The quantitative estimate of drug-likeness (QED) is 0.340. The second-order valence-corrected chi connectivity index (χ2v) is 8.40. The highest BCUT2D eigenvalue weighted by Crippen LogP contribution is 2.35. The van der Waals surface area contributed by atoms with E-state index in [1.54, 1.807) is 18.2 Å². The molecule has 1 aromatic heterocycles. The second-order valence-electron chi connectivity index (χ2n) is 7.96. The van der Waals surface area contributed by atoms with Crippen molar-refractivity contribution in [2.75, 3.05) is 25.0 Å². The number of halogens is 1. The normalized spacial score (nSPS) is 12.4. The van der Waals surface area contributed by atoms with Crippen LogP contribution in [0, 0.1) is 0 Å². The van der Waals surface area contributed by atoms with Gasteiger partial charge in [-0.1, -0.05) is 48.0 Å². The summed E-state index contributed by atoms with van der Waals surface area (Å²) in [5.41, 5.74) is 6.23. The van der Waals surface area contributed by atoms with Gasteiger partial charge in [0.2, 0.25) is 5.76 Å². The van der Waals surface area contributed by atoms with Gasteiger partial charge in [0.1, 0.15) is 5.58 Å². The third-order valence-corrected chi connectivity index (χ3v) is 5.96. The number of benzene rings is 3. The molecule has 1 aliphatic heterocycles. The molecule has 33 heavy (non-hydrogen) atoms. The van der Waals surface area contributed by atoms with Gasteiger partial charge in [-0.25, -0.2) is 4.79 Å². The Bertz CT molecular complexity index is 1200. The van der Waals surface area contributed by atoms with Gasteiger partial charge in [-0.2, -0.15) is 0 Å². The second kappa shape index (κ2) is 10.6. The van der Waals surface area contributed by atoms with Gasteiger partial charge in [0.15, 0.2) is 0 Å². The van der Waals surface area contributed by atoms with Gasteiger partial charge in [-0.15, -0.1) is 0 Å². The Morgan fingerprint density at radius 1 is 1.00 bits per heavy atom. The molecule has 2 heterocycles. The number of furan rings is 1. The number of hydrogen-bond acceptors (Lipinski definition) is 4. The maximum Gasteiger partial charge on any atom is 0.371 e. The van der Waals surface area contributed by atoms with Crippen molar-refractivity contribution in [1.29, 1.82) is 0 Å². The smallest absolute Gasteiger partial charge is 0.371 e. The number of rotatable bonds is 5. The summed E-state index contributed by atoms with van der Waals surface area (Å²) in [4.78, 5) is 13.0. The molecule has 0 atom stereocenters. The van der Waals surface area contributed by atoms with Crippen LogP contribution in [-0.2, 0) is 12.8 Å². The van der Waals surface area contributed by atoms with Crippen LogP contribution in [-0.4, -0.2) is 31.2 Å². The van der Waals surface area contributed by atoms with Gasteiger partial charge >= 0.3 is 5.97 Å². The SMILES string of the molecule is CNCCCN1c2ccccc2CCc2ccccc21.O=C(O)c1cc2cc(Cl)ccc2o1. The van der Waals surface area contributed by atoms with Crippen LogP contribution in [0.4, 0.5) is 11.4 Å². The van der Waals surface area contributed by atoms with Crippen molar-refractivity contribution in [3.05, 3.63) is 94.7 Å². The highest BCUT2D eigenvalue weighted by Gasteiger charge is 2.19. The first kappa shape index (κ1) is 22.9. The number of fused-ring (bicyclic) bond motifs is 3. The third-order valence-electron chi connectivity index (χ3n) is 5.73. The largest absolute Gasteiger partial charge is 0.475 e. The maximum absolute atomic E-state index is 10.5. The fourth-order valence-corrected chi connectivity index (χ4v) is 4.33. The van der Waals surface area contributed by atoms with Crippen LogP contribution in [0.15, 0.2) is 77.2 Å². The molecule has 2 N–H and O–H groups in total. The fraction of sp³-hybridized carbons (Fsp3) is 0.222. The molecule has 0 amide bonds. The van der Waals surface area contributed by atoms with Crippen molar-refractivity contribution in [1.82, 2.24) is 5.32 Å². The molecule has 0 unspecified atom stereocenters. The minimum atomic E-state index is -1.08. The van der Waals surface area contributed by atoms with E-state index in [0.717, 1.165) is 32.4 Å². The standard InChI is InChI=1S/C18H22N2.C9H5ClO3/c1-19-13-6-14-20-17-9-4-2-7-15(17)11-12-16-8-3-5-10-18(16)20;10-6-1-2-7-5(3-6)4-8(13-7)9(11)12/h2-5,7-10,19H,6,11-14H2,1H3;1-4H,(H,11,12). The van der Waals surface area contributed by atoms with E-state index in [4.69, 9.17) is 21.1 Å². The van der Waals surface area contributed by atoms with Crippen LogP contribution in [0.1, 0.15) is 28.1 Å². The number of nitrogens with one attached hydrogen (secondary N) is 1. The van der Waals surface area contributed by atoms with Crippen molar-refractivity contribution in [3.63, 3.8) is 0 Å². The predicted molar refractivity (Wildman–Crippen MR) is 134 cm³/mol. The lowest BCUT2D eigenvalue weighted by molar-refractivity contribution is 0.0665. The first-order valence-electron chi connectivity index (χ1n) is 11.1. The van der Waals surface area contributed by atoms with E-state index < -0.39 is 5.97 Å². The Hall–Kier alpha value is -3.28. The number of hydrogen-bond donors (Lipinski definition) is 2. The Morgan fingerprint density at radius 3 is 2.24 bits per heavy atom. The Labute approximate surface area is 198 Å². The van der Waals surface area contributed by atoms with Crippen molar-refractivity contribution in [2.24, 2.45) is 0 Å². The van der Waals surface area contributed by atoms with Crippen LogP contribution in [0.25, 0.3) is 11.0 Å². The van der Waals surface area contributed by atoms with Gasteiger partial charge in [0, 0.05) is 28.3 Å². The van der Waals surface area contributed by atoms with E-state index in [0.29, 0.717) is 16.0 Å². The Morgan fingerprint density at radius 2 is 1.64 bits per heavy atom. The highest BCUT2D eigenvalue weighted by atomic mass is 35.5. The number of carboxylic acid groups (broad SMARTS) is 1. The minimum Gasteiger partial charge on any atom is -0.475 e. The summed E-state index contributed by atoms with van der Waals surface area (Å²) >= 11 is 5.72. The van der Waals surface area contributed by atoms with Crippen LogP contribution in [0.3, 0.4) is 0 Å². The van der Waals surface area contributed by atoms with Crippen molar-refractivity contribution in [2.45, 2.75) is 19.3 Å². The summed E-state index contributed by atoms with van der Waals surface area (Å²) < 4.78 is 5.03. The van der Waals surface area contributed by atoms with E-state index in [1.165, 1.54) is 28.6 Å². The van der Waals surface area contributed by atoms with Gasteiger partial charge < -0.3 is 19.7 Å². The molecule has 0 aliphatic carbocycles. The Balaban J connectivity index is 0.000000172. The molecule has 1 aliphatic rings. The zero-order valence-corrected chi connectivity index (χ0v) is 19.3. The van der Waals surface area contributed by atoms with Crippen molar-refractivity contribution < 1.29 is 14.3 Å². The summed E-state index contributed by atoms with van der Waals surface area (Å²) in [6.07, 6.45) is 3.42. The van der Waals surface area contributed by atoms with Gasteiger partial charge in [0.25, 0.3) is 0 Å². The number of aryl methyl sites for hydroxylation is 2. The average molecular weight is 463 g/mol. The molecule has 5 nitrogen and oxygen atoms in total.